The normalized spacial score (nSPS) is 41.1. The third kappa shape index (κ3) is 2.07. The number of amides is 1. The number of hydrogen-bond donors (Lipinski definition) is 1. The molecule has 0 aromatic rings. The molecule has 4 fully saturated rings. The van der Waals surface area contributed by atoms with Crippen LogP contribution in [0.1, 0.15) is 44.9 Å². The fourth-order valence-electron chi connectivity index (χ4n) is 5.12. The van der Waals surface area contributed by atoms with E-state index in [2.05, 4.69) is 4.90 Å². The third-order valence-electron chi connectivity index (χ3n) is 5.61. The van der Waals surface area contributed by atoms with Crippen molar-refractivity contribution in [3.05, 3.63) is 0 Å². The van der Waals surface area contributed by atoms with Crippen molar-refractivity contribution in [3.63, 3.8) is 0 Å². The van der Waals surface area contributed by atoms with Crippen LogP contribution in [0, 0.1) is 23.7 Å². The molecular weight excluding hydrogens is 224 g/mol. The Morgan fingerprint density at radius 1 is 1.11 bits per heavy atom. The lowest BCUT2D eigenvalue weighted by molar-refractivity contribution is -0.141. The summed E-state index contributed by atoms with van der Waals surface area (Å²) in [6.45, 7) is 0.626. The largest absolute Gasteiger partial charge is 0.342 e. The molecule has 0 aliphatic heterocycles. The van der Waals surface area contributed by atoms with Crippen molar-refractivity contribution < 1.29 is 4.79 Å². The Balaban J connectivity index is 1.67. The van der Waals surface area contributed by atoms with Crippen molar-refractivity contribution in [2.24, 2.45) is 29.4 Å². The van der Waals surface area contributed by atoms with Crippen LogP contribution in [0.4, 0.5) is 0 Å². The van der Waals surface area contributed by atoms with E-state index >= 15 is 0 Å². The fourth-order valence-corrected chi connectivity index (χ4v) is 5.12. The minimum atomic E-state index is 0.318. The van der Waals surface area contributed by atoms with Crippen LogP contribution in [0.2, 0.25) is 0 Å². The van der Waals surface area contributed by atoms with Crippen LogP contribution < -0.4 is 5.73 Å². The number of hydrogen-bond acceptors (Lipinski definition) is 2. The molecule has 0 radical (unpaired) electrons. The Hall–Kier alpha value is -0.570. The summed E-state index contributed by atoms with van der Waals surface area (Å²) in [5.41, 5.74) is 5.50. The van der Waals surface area contributed by atoms with Crippen molar-refractivity contribution in [3.8, 4) is 0 Å². The lowest BCUT2D eigenvalue weighted by Crippen LogP contribution is -2.56. The van der Waals surface area contributed by atoms with Crippen LogP contribution >= 0.6 is 0 Å². The molecule has 0 aromatic carbocycles. The minimum Gasteiger partial charge on any atom is -0.342 e. The van der Waals surface area contributed by atoms with Gasteiger partial charge in [0.1, 0.15) is 0 Å². The van der Waals surface area contributed by atoms with Crippen LogP contribution in [0.15, 0.2) is 0 Å². The maximum atomic E-state index is 12.2. The van der Waals surface area contributed by atoms with Crippen molar-refractivity contribution in [2.75, 3.05) is 13.6 Å². The van der Waals surface area contributed by atoms with Gasteiger partial charge in [-0.15, -0.1) is 0 Å². The van der Waals surface area contributed by atoms with Gasteiger partial charge in [-0.1, -0.05) is 0 Å². The predicted molar refractivity (Wildman–Crippen MR) is 71.9 cm³/mol. The molecular formula is C15H26N2O. The lowest BCUT2D eigenvalue weighted by Gasteiger charge is -2.56. The number of nitrogens with zero attached hydrogens (tertiary/aromatic N) is 1. The molecule has 102 valence electrons. The molecule has 4 aliphatic carbocycles. The first-order valence-corrected chi connectivity index (χ1v) is 7.64. The fraction of sp³-hybridized carbons (Fsp3) is 0.933. The monoisotopic (exact) mass is 250 g/mol. The van der Waals surface area contributed by atoms with Gasteiger partial charge >= 0.3 is 0 Å². The minimum absolute atomic E-state index is 0.318. The smallest absolute Gasteiger partial charge is 0.222 e. The average Bonchev–Trinajstić information content (AvgIpc) is 2.34. The Morgan fingerprint density at radius 2 is 1.67 bits per heavy atom. The van der Waals surface area contributed by atoms with Crippen LogP contribution in [-0.2, 0) is 4.79 Å². The van der Waals surface area contributed by atoms with Crippen LogP contribution in [-0.4, -0.2) is 30.4 Å². The van der Waals surface area contributed by atoms with Gasteiger partial charge in [-0.05, 0) is 68.7 Å². The Bertz CT molecular complexity index is 300. The van der Waals surface area contributed by atoms with Gasteiger partial charge in [0.15, 0.2) is 0 Å². The van der Waals surface area contributed by atoms with Crippen LogP contribution in [0.3, 0.4) is 0 Å². The quantitative estimate of drug-likeness (QED) is 0.829. The summed E-state index contributed by atoms with van der Waals surface area (Å²) >= 11 is 0. The van der Waals surface area contributed by atoms with E-state index in [1.54, 1.807) is 0 Å². The highest BCUT2D eigenvalue weighted by atomic mass is 16.2. The average molecular weight is 250 g/mol. The summed E-state index contributed by atoms with van der Waals surface area (Å²) in [6, 6.07) is 0.545. The zero-order valence-electron chi connectivity index (χ0n) is 11.5. The SMILES string of the molecule is CN(C(=O)CCCN)C1C2CC3CC(C2)CC1C3. The van der Waals surface area contributed by atoms with Crippen LogP contribution in [0.5, 0.6) is 0 Å². The molecule has 18 heavy (non-hydrogen) atoms. The maximum absolute atomic E-state index is 12.2. The van der Waals surface area contributed by atoms with E-state index in [9.17, 15) is 4.79 Å². The highest BCUT2D eigenvalue weighted by molar-refractivity contribution is 5.76. The number of carbonyl (C=O) groups excluding carboxylic acids is 1. The molecule has 0 aromatic heterocycles. The predicted octanol–water partition coefficient (Wildman–Crippen LogP) is 2.01. The third-order valence-corrected chi connectivity index (χ3v) is 5.61. The Labute approximate surface area is 110 Å². The summed E-state index contributed by atoms with van der Waals surface area (Å²) in [5, 5.41) is 0. The summed E-state index contributed by atoms with van der Waals surface area (Å²) in [7, 11) is 2.03. The van der Waals surface area contributed by atoms with Gasteiger partial charge in [-0.3, -0.25) is 4.79 Å². The number of nitrogens with two attached hydrogens (primary N) is 1. The Morgan fingerprint density at radius 3 is 2.17 bits per heavy atom. The molecule has 0 unspecified atom stereocenters. The molecule has 1 amide bonds. The molecule has 3 heteroatoms. The van der Waals surface area contributed by atoms with E-state index in [1.165, 1.54) is 32.1 Å². The first kappa shape index (κ1) is 12.5. The van der Waals surface area contributed by atoms with E-state index in [0.29, 0.717) is 24.9 Å². The maximum Gasteiger partial charge on any atom is 0.222 e. The highest BCUT2D eigenvalue weighted by Crippen LogP contribution is 2.54. The van der Waals surface area contributed by atoms with Crippen molar-refractivity contribution in [1.82, 2.24) is 4.90 Å². The Kier molecular flexibility index (Phi) is 3.35. The van der Waals surface area contributed by atoms with Crippen LogP contribution in [0.25, 0.3) is 0 Å². The first-order valence-electron chi connectivity index (χ1n) is 7.64. The van der Waals surface area contributed by atoms with Gasteiger partial charge in [-0.25, -0.2) is 0 Å². The second kappa shape index (κ2) is 4.84. The second-order valence-corrected chi connectivity index (χ2v) is 6.82. The molecule has 3 nitrogen and oxygen atoms in total. The number of carbonyl (C=O) groups is 1. The highest BCUT2D eigenvalue weighted by Gasteiger charge is 2.50. The summed E-state index contributed by atoms with van der Waals surface area (Å²) in [5.74, 6) is 3.88. The number of rotatable bonds is 4. The zero-order valence-corrected chi connectivity index (χ0v) is 11.5. The van der Waals surface area contributed by atoms with Crippen molar-refractivity contribution >= 4 is 5.91 Å². The van der Waals surface area contributed by atoms with Gasteiger partial charge in [-0.2, -0.15) is 0 Å². The second-order valence-electron chi connectivity index (χ2n) is 6.82. The topological polar surface area (TPSA) is 46.3 Å². The van der Waals surface area contributed by atoms with Gasteiger partial charge in [0, 0.05) is 19.5 Å². The van der Waals surface area contributed by atoms with Gasteiger partial charge in [0.2, 0.25) is 5.91 Å². The standard InChI is InChI=1S/C15H26N2O/c1-17(14(18)3-2-4-16)15-12-6-10-5-11(8-12)9-13(15)7-10/h10-13,15H,2-9,16H2,1H3. The van der Waals surface area contributed by atoms with Gasteiger partial charge in [0.05, 0.1) is 0 Å². The van der Waals surface area contributed by atoms with E-state index in [0.717, 1.165) is 30.1 Å². The van der Waals surface area contributed by atoms with E-state index in [-0.39, 0.29) is 0 Å². The molecule has 0 heterocycles. The molecule has 2 N–H and O–H groups in total. The molecule has 0 saturated heterocycles. The molecule has 4 aliphatic rings. The van der Waals surface area contributed by atoms with Gasteiger partial charge in [0.25, 0.3) is 0 Å². The molecule has 0 spiro atoms. The van der Waals surface area contributed by atoms with Gasteiger partial charge < -0.3 is 10.6 Å². The van der Waals surface area contributed by atoms with Crippen molar-refractivity contribution in [1.29, 1.82) is 0 Å². The van der Waals surface area contributed by atoms with E-state index in [1.807, 2.05) is 7.05 Å². The van der Waals surface area contributed by atoms with E-state index in [4.69, 9.17) is 5.73 Å². The first-order chi connectivity index (χ1) is 8.69. The summed E-state index contributed by atoms with van der Waals surface area (Å²) < 4.78 is 0. The molecule has 4 rings (SSSR count). The summed E-state index contributed by atoms with van der Waals surface area (Å²) in [6.07, 6.45) is 8.47. The lowest BCUT2D eigenvalue weighted by atomic mass is 9.54. The van der Waals surface area contributed by atoms with E-state index < -0.39 is 0 Å². The molecule has 4 saturated carbocycles. The van der Waals surface area contributed by atoms with Crippen molar-refractivity contribution in [2.45, 2.75) is 51.0 Å². The zero-order chi connectivity index (χ0) is 12.7. The molecule has 0 atom stereocenters. The molecule has 4 bridgehead atoms. The summed E-state index contributed by atoms with van der Waals surface area (Å²) in [4.78, 5) is 14.3.